The summed E-state index contributed by atoms with van der Waals surface area (Å²) in [5.74, 6) is 0.866. The van der Waals surface area contributed by atoms with Crippen LogP contribution in [-0.4, -0.2) is 19.1 Å². The lowest BCUT2D eigenvalue weighted by Crippen LogP contribution is -2.29. The molecule has 2 rings (SSSR count). The lowest BCUT2D eigenvalue weighted by Gasteiger charge is -2.08. The molecule has 2 aromatic carbocycles. The molecule has 3 nitrogen and oxygen atoms in total. The van der Waals surface area contributed by atoms with Crippen molar-refractivity contribution >= 4 is 5.91 Å². The van der Waals surface area contributed by atoms with Gasteiger partial charge in [0.15, 0.2) is 0 Å². The van der Waals surface area contributed by atoms with Crippen LogP contribution in [0.2, 0.25) is 0 Å². The van der Waals surface area contributed by atoms with Crippen LogP contribution in [0.1, 0.15) is 30.5 Å². The van der Waals surface area contributed by atoms with Crippen molar-refractivity contribution in [3.8, 4) is 5.75 Å². The molecule has 0 saturated heterocycles. The standard InChI is InChI=1S/C20H25NO2/c1-3-16-5-7-18(8-6-16)15-20(22)21-13-14-23-19-11-9-17(4-2)10-12-19/h5-12H,3-4,13-15H2,1-2H3,(H,21,22). The van der Waals surface area contributed by atoms with Gasteiger partial charge in [-0.25, -0.2) is 0 Å². The SMILES string of the molecule is CCc1ccc(CC(=O)NCCOc2ccc(CC)cc2)cc1. The van der Waals surface area contributed by atoms with Crippen molar-refractivity contribution in [3.63, 3.8) is 0 Å². The van der Waals surface area contributed by atoms with E-state index in [2.05, 4.69) is 43.4 Å². The minimum Gasteiger partial charge on any atom is -0.492 e. The molecule has 0 bridgehead atoms. The molecule has 122 valence electrons. The zero-order chi connectivity index (χ0) is 16.5. The minimum atomic E-state index is 0.0270. The number of carbonyl (C=O) groups excluding carboxylic acids is 1. The molecule has 0 heterocycles. The zero-order valence-corrected chi connectivity index (χ0v) is 14.0. The van der Waals surface area contributed by atoms with E-state index in [1.165, 1.54) is 11.1 Å². The second-order valence-electron chi connectivity index (χ2n) is 5.54. The molecule has 0 unspecified atom stereocenters. The van der Waals surface area contributed by atoms with Crippen molar-refractivity contribution in [2.45, 2.75) is 33.1 Å². The molecule has 0 saturated carbocycles. The van der Waals surface area contributed by atoms with Gasteiger partial charge in [-0.15, -0.1) is 0 Å². The number of amides is 1. The molecule has 0 spiro atoms. The minimum absolute atomic E-state index is 0.0270. The molecule has 0 aliphatic rings. The number of rotatable bonds is 8. The highest BCUT2D eigenvalue weighted by molar-refractivity contribution is 5.78. The topological polar surface area (TPSA) is 38.3 Å². The Bertz CT molecular complexity index is 603. The molecule has 0 aromatic heterocycles. The van der Waals surface area contributed by atoms with Crippen LogP contribution in [0, 0.1) is 0 Å². The van der Waals surface area contributed by atoms with Crippen molar-refractivity contribution < 1.29 is 9.53 Å². The van der Waals surface area contributed by atoms with E-state index >= 15 is 0 Å². The summed E-state index contributed by atoms with van der Waals surface area (Å²) in [6.45, 7) is 5.24. The Morgan fingerprint density at radius 1 is 0.870 bits per heavy atom. The van der Waals surface area contributed by atoms with Crippen LogP contribution in [0.15, 0.2) is 48.5 Å². The van der Waals surface area contributed by atoms with Crippen LogP contribution in [0.3, 0.4) is 0 Å². The summed E-state index contributed by atoms with van der Waals surface area (Å²) in [7, 11) is 0. The van der Waals surface area contributed by atoms with E-state index in [1.54, 1.807) is 0 Å². The van der Waals surface area contributed by atoms with Crippen LogP contribution < -0.4 is 10.1 Å². The van der Waals surface area contributed by atoms with E-state index in [9.17, 15) is 4.79 Å². The number of nitrogens with one attached hydrogen (secondary N) is 1. The van der Waals surface area contributed by atoms with E-state index in [0.29, 0.717) is 19.6 Å². The van der Waals surface area contributed by atoms with Crippen molar-refractivity contribution in [1.29, 1.82) is 0 Å². The fourth-order valence-electron chi connectivity index (χ4n) is 2.32. The van der Waals surface area contributed by atoms with Crippen molar-refractivity contribution in [3.05, 3.63) is 65.2 Å². The predicted molar refractivity (Wildman–Crippen MR) is 93.8 cm³/mol. The van der Waals surface area contributed by atoms with Gasteiger partial charge >= 0.3 is 0 Å². The predicted octanol–water partition coefficient (Wildman–Crippen LogP) is 3.55. The number of carbonyl (C=O) groups is 1. The summed E-state index contributed by atoms with van der Waals surface area (Å²) < 4.78 is 5.62. The fourth-order valence-corrected chi connectivity index (χ4v) is 2.32. The number of hydrogen-bond donors (Lipinski definition) is 1. The fraction of sp³-hybridized carbons (Fsp3) is 0.350. The van der Waals surface area contributed by atoms with Crippen molar-refractivity contribution in [2.24, 2.45) is 0 Å². The molecular formula is C20H25NO2. The molecule has 0 fully saturated rings. The zero-order valence-electron chi connectivity index (χ0n) is 14.0. The third-order valence-electron chi connectivity index (χ3n) is 3.82. The molecular weight excluding hydrogens is 286 g/mol. The van der Waals surface area contributed by atoms with Crippen LogP contribution in [0.4, 0.5) is 0 Å². The smallest absolute Gasteiger partial charge is 0.224 e. The average molecular weight is 311 g/mol. The van der Waals surface area contributed by atoms with Crippen LogP contribution in [-0.2, 0) is 24.1 Å². The molecule has 0 radical (unpaired) electrons. The Kier molecular flexibility index (Phi) is 6.67. The van der Waals surface area contributed by atoms with Crippen molar-refractivity contribution in [2.75, 3.05) is 13.2 Å². The molecule has 23 heavy (non-hydrogen) atoms. The van der Waals surface area contributed by atoms with Gasteiger partial charge in [-0.2, -0.15) is 0 Å². The Hall–Kier alpha value is -2.29. The lowest BCUT2D eigenvalue weighted by molar-refractivity contribution is -0.120. The van der Waals surface area contributed by atoms with Gasteiger partial charge in [-0.05, 0) is 41.7 Å². The van der Waals surface area contributed by atoms with Gasteiger partial charge in [-0.3, -0.25) is 4.79 Å². The van der Waals surface area contributed by atoms with E-state index < -0.39 is 0 Å². The number of aryl methyl sites for hydroxylation is 2. The molecule has 0 atom stereocenters. The van der Waals surface area contributed by atoms with Crippen LogP contribution >= 0.6 is 0 Å². The van der Waals surface area contributed by atoms with E-state index in [1.807, 2.05) is 24.3 Å². The maximum absolute atomic E-state index is 11.9. The highest BCUT2D eigenvalue weighted by Crippen LogP contribution is 2.12. The summed E-state index contributed by atoms with van der Waals surface area (Å²) in [5, 5.41) is 2.89. The Morgan fingerprint density at radius 2 is 1.39 bits per heavy atom. The molecule has 1 amide bonds. The first-order valence-electron chi connectivity index (χ1n) is 8.27. The summed E-state index contributed by atoms with van der Waals surface area (Å²) >= 11 is 0. The molecule has 0 aliphatic carbocycles. The lowest BCUT2D eigenvalue weighted by atomic mass is 10.1. The summed E-state index contributed by atoms with van der Waals surface area (Å²) in [5.41, 5.74) is 3.62. The van der Waals surface area contributed by atoms with Gasteiger partial charge in [0.1, 0.15) is 12.4 Å². The second kappa shape index (κ2) is 8.99. The Morgan fingerprint density at radius 3 is 1.96 bits per heavy atom. The number of ether oxygens (including phenoxy) is 1. The second-order valence-corrected chi connectivity index (χ2v) is 5.54. The van der Waals surface area contributed by atoms with Gasteiger partial charge in [0.2, 0.25) is 5.91 Å². The maximum atomic E-state index is 11.9. The largest absolute Gasteiger partial charge is 0.492 e. The van der Waals surface area contributed by atoms with Gasteiger partial charge < -0.3 is 10.1 Å². The van der Waals surface area contributed by atoms with Crippen LogP contribution in [0.5, 0.6) is 5.75 Å². The maximum Gasteiger partial charge on any atom is 0.224 e. The van der Waals surface area contributed by atoms with Gasteiger partial charge in [0.05, 0.1) is 13.0 Å². The third kappa shape index (κ3) is 5.78. The first-order valence-corrected chi connectivity index (χ1v) is 8.27. The van der Waals surface area contributed by atoms with Crippen LogP contribution in [0.25, 0.3) is 0 Å². The third-order valence-corrected chi connectivity index (χ3v) is 3.82. The first-order chi connectivity index (χ1) is 11.2. The monoisotopic (exact) mass is 311 g/mol. The van der Waals surface area contributed by atoms with E-state index in [0.717, 1.165) is 24.2 Å². The van der Waals surface area contributed by atoms with Gasteiger partial charge in [-0.1, -0.05) is 50.2 Å². The van der Waals surface area contributed by atoms with Gasteiger partial charge in [0.25, 0.3) is 0 Å². The molecule has 3 heteroatoms. The molecule has 2 aromatic rings. The number of benzene rings is 2. The highest BCUT2D eigenvalue weighted by atomic mass is 16.5. The van der Waals surface area contributed by atoms with Crippen molar-refractivity contribution in [1.82, 2.24) is 5.32 Å². The van der Waals surface area contributed by atoms with Gasteiger partial charge in [0, 0.05) is 0 Å². The summed E-state index contributed by atoms with van der Waals surface area (Å²) in [4.78, 5) is 11.9. The average Bonchev–Trinajstić information content (AvgIpc) is 2.60. The Balaban J connectivity index is 1.67. The Labute approximate surface area is 138 Å². The summed E-state index contributed by atoms with van der Waals surface area (Å²) in [6, 6.07) is 16.2. The van der Waals surface area contributed by atoms with E-state index in [-0.39, 0.29) is 5.91 Å². The highest BCUT2D eigenvalue weighted by Gasteiger charge is 2.03. The number of hydrogen-bond acceptors (Lipinski definition) is 2. The quantitative estimate of drug-likeness (QED) is 0.757. The first kappa shape index (κ1) is 17.1. The summed E-state index contributed by atoms with van der Waals surface area (Å²) in [6.07, 6.45) is 2.45. The molecule has 1 N–H and O–H groups in total. The normalized spacial score (nSPS) is 10.3. The van der Waals surface area contributed by atoms with E-state index in [4.69, 9.17) is 4.74 Å². The molecule has 0 aliphatic heterocycles.